The number of benzene rings is 2. The van der Waals surface area contributed by atoms with E-state index in [-0.39, 0.29) is 11.9 Å². The molecule has 156 valence electrons. The number of hydrogen-bond donors (Lipinski definition) is 1. The number of aryl methyl sites for hydroxylation is 1. The number of aromatic nitrogens is 2. The number of nitrogens with zero attached hydrogens (tertiary/aromatic N) is 3. The monoisotopic (exact) mass is 404 g/mol. The standard InChI is InChI=1S/C24H28N4O2/c1-19-8-10-20(11-9-19)22(27-14-16-30-17-15-27)18-25-24(29)23(28-13-5-12-26-28)21-6-3-2-4-7-21/h2-13,22-23H,14-18H2,1H3,(H,25,29). The van der Waals surface area contributed by atoms with Crippen molar-refractivity contribution in [3.05, 3.63) is 89.7 Å². The summed E-state index contributed by atoms with van der Waals surface area (Å²) in [6, 6.07) is 19.8. The lowest BCUT2D eigenvalue weighted by Crippen LogP contribution is -2.45. The topological polar surface area (TPSA) is 59.4 Å². The second kappa shape index (κ2) is 9.69. The minimum absolute atomic E-state index is 0.0599. The second-order valence-electron chi connectivity index (χ2n) is 7.62. The van der Waals surface area contributed by atoms with Gasteiger partial charge in [0, 0.05) is 32.0 Å². The molecule has 2 aromatic carbocycles. The van der Waals surface area contributed by atoms with Gasteiger partial charge >= 0.3 is 0 Å². The number of morpholine rings is 1. The summed E-state index contributed by atoms with van der Waals surface area (Å²) in [7, 11) is 0. The second-order valence-corrected chi connectivity index (χ2v) is 7.62. The highest BCUT2D eigenvalue weighted by Crippen LogP contribution is 2.23. The van der Waals surface area contributed by atoms with Crippen molar-refractivity contribution in [2.75, 3.05) is 32.8 Å². The Hall–Kier alpha value is -2.96. The van der Waals surface area contributed by atoms with Gasteiger partial charge in [-0.15, -0.1) is 0 Å². The normalized spacial score (nSPS) is 16.7. The lowest BCUT2D eigenvalue weighted by Gasteiger charge is -2.35. The van der Waals surface area contributed by atoms with Crippen LogP contribution in [0.4, 0.5) is 0 Å². The van der Waals surface area contributed by atoms with Crippen LogP contribution in [0.15, 0.2) is 73.1 Å². The third-order valence-electron chi connectivity index (χ3n) is 5.57. The number of ether oxygens (including phenoxy) is 1. The maximum atomic E-state index is 13.3. The molecule has 4 rings (SSSR count). The Morgan fingerprint density at radius 1 is 1.03 bits per heavy atom. The fourth-order valence-electron chi connectivity index (χ4n) is 3.92. The van der Waals surface area contributed by atoms with Crippen molar-refractivity contribution >= 4 is 5.91 Å². The molecule has 0 radical (unpaired) electrons. The third kappa shape index (κ3) is 4.78. The number of carbonyl (C=O) groups is 1. The zero-order valence-corrected chi connectivity index (χ0v) is 17.3. The van der Waals surface area contributed by atoms with Crippen LogP contribution in [-0.2, 0) is 9.53 Å². The van der Waals surface area contributed by atoms with Crippen molar-refractivity contribution in [1.29, 1.82) is 0 Å². The van der Waals surface area contributed by atoms with E-state index >= 15 is 0 Å². The smallest absolute Gasteiger partial charge is 0.249 e. The molecule has 30 heavy (non-hydrogen) atoms. The first kappa shape index (κ1) is 20.3. The highest BCUT2D eigenvalue weighted by Gasteiger charge is 2.27. The van der Waals surface area contributed by atoms with Gasteiger partial charge in [0.2, 0.25) is 5.91 Å². The Bertz CT molecular complexity index is 920. The van der Waals surface area contributed by atoms with E-state index in [1.165, 1.54) is 11.1 Å². The molecule has 1 fully saturated rings. The average molecular weight is 405 g/mol. The molecule has 2 atom stereocenters. The van der Waals surface area contributed by atoms with Crippen LogP contribution in [0.25, 0.3) is 0 Å². The minimum atomic E-state index is -0.496. The molecule has 1 aliphatic heterocycles. The Morgan fingerprint density at radius 3 is 2.43 bits per heavy atom. The molecule has 0 saturated carbocycles. The van der Waals surface area contributed by atoms with Crippen molar-refractivity contribution in [3.63, 3.8) is 0 Å². The van der Waals surface area contributed by atoms with E-state index in [9.17, 15) is 4.79 Å². The lowest BCUT2D eigenvalue weighted by atomic mass is 10.0. The van der Waals surface area contributed by atoms with E-state index in [0.717, 1.165) is 31.9 Å². The largest absolute Gasteiger partial charge is 0.379 e. The predicted molar refractivity (Wildman–Crippen MR) is 116 cm³/mol. The third-order valence-corrected chi connectivity index (χ3v) is 5.57. The maximum Gasteiger partial charge on any atom is 0.249 e. The van der Waals surface area contributed by atoms with Gasteiger partial charge in [0.1, 0.15) is 0 Å². The SMILES string of the molecule is Cc1ccc(C(CNC(=O)C(c2ccccc2)n2cccn2)N2CCOCC2)cc1. The highest BCUT2D eigenvalue weighted by molar-refractivity contribution is 5.83. The van der Waals surface area contributed by atoms with Gasteiger partial charge in [-0.05, 0) is 24.1 Å². The Kier molecular flexibility index (Phi) is 6.57. The Balaban J connectivity index is 1.54. The number of carbonyl (C=O) groups excluding carboxylic acids is 1. The summed E-state index contributed by atoms with van der Waals surface area (Å²) in [6.07, 6.45) is 3.53. The van der Waals surface area contributed by atoms with Crippen LogP contribution in [0.3, 0.4) is 0 Å². The first-order chi connectivity index (χ1) is 14.7. The molecular weight excluding hydrogens is 376 g/mol. The van der Waals surface area contributed by atoms with E-state index in [4.69, 9.17) is 4.74 Å². The summed E-state index contributed by atoms with van der Waals surface area (Å²) in [4.78, 5) is 15.7. The summed E-state index contributed by atoms with van der Waals surface area (Å²) in [5.41, 5.74) is 3.35. The summed E-state index contributed by atoms with van der Waals surface area (Å²) < 4.78 is 7.24. The number of nitrogens with one attached hydrogen (secondary N) is 1. The van der Waals surface area contributed by atoms with Crippen LogP contribution < -0.4 is 5.32 Å². The molecule has 1 saturated heterocycles. The quantitative estimate of drug-likeness (QED) is 0.658. The van der Waals surface area contributed by atoms with E-state index in [1.54, 1.807) is 10.9 Å². The molecule has 6 nitrogen and oxygen atoms in total. The summed E-state index contributed by atoms with van der Waals surface area (Å²) >= 11 is 0. The van der Waals surface area contributed by atoms with Crippen molar-refractivity contribution in [2.45, 2.75) is 19.0 Å². The van der Waals surface area contributed by atoms with Crippen LogP contribution in [0.2, 0.25) is 0 Å². The molecule has 2 heterocycles. The maximum absolute atomic E-state index is 13.3. The van der Waals surface area contributed by atoms with E-state index < -0.39 is 6.04 Å². The van der Waals surface area contributed by atoms with Crippen LogP contribution in [0.1, 0.15) is 28.8 Å². The van der Waals surface area contributed by atoms with Gasteiger partial charge in [-0.25, -0.2) is 0 Å². The molecule has 1 N–H and O–H groups in total. The first-order valence-electron chi connectivity index (χ1n) is 10.4. The molecule has 0 aliphatic carbocycles. The van der Waals surface area contributed by atoms with Gasteiger partial charge in [0.25, 0.3) is 0 Å². The summed E-state index contributed by atoms with van der Waals surface area (Å²) in [6.45, 7) is 5.77. The van der Waals surface area contributed by atoms with Gasteiger partial charge in [-0.3, -0.25) is 14.4 Å². The Morgan fingerprint density at radius 2 is 1.77 bits per heavy atom. The zero-order valence-electron chi connectivity index (χ0n) is 17.3. The molecule has 6 heteroatoms. The molecule has 2 unspecified atom stereocenters. The van der Waals surface area contributed by atoms with Gasteiger partial charge in [0.05, 0.1) is 19.3 Å². The van der Waals surface area contributed by atoms with Crippen molar-refractivity contribution < 1.29 is 9.53 Å². The van der Waals surface area contributed by atoms with E-state index in [2.05, 4.69) is 46.5 Å². The van der Waals surface area contributed by atoms with Crippen molar-refractivity contribution in [2.24, 2.45) is 0 Å². The van der Waals surface area contributed by atoms with E-state index in [0.29, 0.717) is 6.54 Å². The van der Waals surface area contributed by atoms with E-state index in [1.807, 2.05) is 42.6 Å². The summed E-state index contributed by atoms with van der Waals surface area (Å²) in [5.74, 6) is -0.0599. The van der Waals surface area contributed by atoms with Gasteiger partial charge < -0.3 is 10.1 Å². The number of hydrogen-bond acceptors (Lipinski definition) is 4. The fourth-order valence-corrected chi connectivity index (χ4v) is 3.92. The van der Waals surface area contributed by atoms with Crippen LogP contribution >= 0.6 is 0 Å². The van der Waals surface area contributed by atoms with Crippen LogP contribution in [0, 0.1) is 6.92 Å². The van der Waals surface area contributed by atoms with Crippen LogP contribution in [-0.4, -0.2) is 53.4 Å². The average Bonchev–Trinajstić information content (AvgIpc) is 3.31. The highest BCUT2D eigenvalue weighted by atomic mass is 16.5. The molecule has 0 bridgehead atoms. The fraction of sp³-hybridized carbons (Fsp3) is 0.333. The first-order valence-corrected chi connectivity index (χ1v) is 10.4. The number of amides is 1. The van der Waals surface area contributed by atoms with Crippen molar-refractivity contribution in [3.8, 4) is 0 Å². The molecule has 1 amide bonds. The molecular formula is C24H28N4O2. The predicted octanol–water partition coefficient (Wildman–Crippen LogP) is 2.97. The van der Waals surface area contributed by atoms with Gasteiger partial charge in [-0.2, -0.15) is 5.10 Å². The number of rotatable bonds is 7. The van der Waals surface area contributed by atoms with Gasteiger partial charge in [0.15, 0.2) is 6.04 Å². The molecule has 1 aromatic heterocycles. The van der Waals surface area contributed by atoms with Gasteiger partial charge in [-0.1, -0.05) is 60.2 Å². The Labute approximate surface area is 177 Å². The molecule has 0 spiro atoms. The zero-order chi connectivity index (χ0) is 20.8. The summed E-state index contributed by atoms with van der Waals surface area (Å²) in [5, 5.41) is 7.53. The molecule has 1 aliphatic rings. The molecule has 3 aromatic rings. The van der Waals surface area contributed by atoms with Crippen molar-refractivity contribution in [1.82, 2.24) is 20.0 Å². The lowest BCUT2D eigenvalue weighted by molar-refractivity contribution is -0.123. The van der Waals surface area contributed by atoms with Crippen LogP contribution in [0.5, 0.6) is 0 Å². The minimum Gasteiger partial charge on any atom is -0.379 e.